The third-order valence-corrected chi connectivity index (χ3v) is 7.10. The van der Waals surface area contributed by atoms with Gasteiger partial charge in [-0.25, -0.2) is 17.7 Å². The quantitative estimate of drug-likeness (QED) is 0.460. The van der Waals surface area contributed by atoms with Gasteiger partial charge in [0, 0.05) is 29.1 Å². The highest BCUT2D eigenvalue weighted by atomic mass is 32.2. The summed E-state index contributed by atoms with van der Waals surface area (Å²) >= 11 is 1.31. The molecule has 0 unspecified atom stereocenters. The second-order valence-electron chi connectivity index (χ2n) is 5.96. The lowest BCUT2D eigenvalue weighted by atomic mass is 10.2. The topological polar surface area (TPSA) is 76.3 Å². The third kappa shape index (κ3) is 3.44. The molecule has 2 heterocycles. The molecule has 8 heteroatoms. The summed E-state index contributed by atoms with van der Waals surface area (Å²) in [4.78, 5) is 4.75. The number of aromatic nitrogens is 2. The predicted molar refractivity (Wildman–Crippen MR) is 110 cm³/mol. The fourth-order valence-corrected chi connectivity index (χ4v) is 5.36. The molecule has 28 heavy (non-hydrogen) atoms. The monoisotopic (exact) mass is 411 g/mol. The van der Waals surface area contributed by atoms with Gasteiger partial charge in [0.05, 0.1) is 10.6 Å². The second-order valence-corrected chi connectivity index (χ2v) is 8.66. The smallest absolute Gasteiger partial charge is 0.266 e. The Morgan fingerprint density at radius 3 is 2.32 bits per heavy atom. The lowest BCUT2D eigenvalue weighted by Gasteiger charge is -2.20. The Balaban J connectivity index is 1.65. The van der Waals surface area contributed by atoms with Gasteiger partial charge in [-0.15, -0.1) is 11.3 Å². The van der Waals surface area contributed by atoms with Crippen LogP contribution >= 0.6 is 11.3 Å². The van der Waals surface area contributed by atoms with Gasteiger partial charge in [-0.05, 0) is 19.1 Å². The molecule has 0 saturated carbocycles. The molecule has 0 fully saturated rings. The van der Waals surface area contributed by atoms with Gasteiger partial charge in [-0.1, -0.05) is 47.6 Å². The average molecular weight is 412 g/mol. The van der Waals surface area contributed by atoms with Crippen LogP contribution in [0.2, 0.25) is 0 Å². The summed E-state index contributed by atoms with van der Waals surface area (Å²) < 4.78 is 32.5. The molecule has 0 radical (unpaired) electrons. The predicted octanol–water partition coefficient (Wildman–Crippen LogP) is 4.68. The van der Waals surface area contributed by atoms with Gasteiger partial charge in [0.15, 0.2) is 5.13 Å². The van der Waals surface area contributed by atoms with Crippen molar-refractivity contribution < 1.29 is 12.9 Å². The van der Waals surface area contributed by atoms with Crippen LogP contribution in [0.4, 0.5) is 5.13 Å². The van der Waals surface area contributed by atoms with E-state index in [0.717, 1.165) is 16.8 Å². The lowest BCUT2D eigenvalue weighted by molar-refractivity contribution is 0.422. The maximum Gasteiger partial charge on any atom is 0.266 e. The van der Waals surface area contributed by atoms with Crippen molar-refractivity contribution in [3.05, 3.63) is 72.3 Å². The van der Waals surface area contributed by atoms with Crippen LogP contribution in [0.5, 0.6) is 0 Å². The van der Waals surface area contributed by atoms with Gasteiger partial charge in [-0.3, -0.25) is 0 Å². The molecule has 142 valence electrons. The molecule has 0 bridgehead atoms. The van der Waals surface area contributed by atoms with Gasteiger partial charge in [0.25, 0.3) is 10.0 Å². The van der Waals surface area contributed by atoms with Crippen molar-refractivity contribution in [2.75, 3.05) is 10.8 Å². The van der Waals surface area contributed by atoms with Crippen molar-refractivity contribution in [1.29, 1.82) is 0 Å². The van der Waals surface area contributed by atoms with Gasteiger partial charge in [0.2, 0.25) is 0 Å². The van der Waals surface area contributed by atoms with Crippen molar-refractivity contribution in [1.82, 2.24) is 10.1 Å². The highest BCUT2D eigenvalue weighted by Gasteiger charge is 2.26. The highest BCUT2D eigenvalue weighted by Crippen LogP contribution is 2.31. The largest absolute Gasteiger partial charge is 0.364 e. The Morgan fingerprint density at radius 1 is 0.964 bits per heavy atom. The van der Waals surface area contributed by atoms with E-state index in [4.69, 9.17) is 4.52 Å². The zero-order valence-electron chi connectivity index (χ0n) is 15.0. The van der Waals surface area contributed by atoms with E-state index in [-0.39, 0.29) is 11.4 Å². The van der Waals surface area contributed by atoms with Gasteiger partial charge in [0.1, 0.15) is 12.0 Å². The first-order chi connectivity index (χ1) is 13.6. The lowest BCUT2D eigenvalue weighted by Crippen LogP contribution is -2.30. The molecule has 2 aromatic heterocycles. The van der Waals surface area contributed by atoms with E-state index in [1.54, 1.807) is 37.3 Å². The van der Waals surface area contributed by atoms with Crippen molar-refractivity contribution >= 4 is 26.5 Å². The Labute approximate surface area is 167 Å². The highest BCUT2D eigenvalue weighted by molar-refractivity contribution is 7.93. The zero-order chi connectivity index (χ0) is 19.6. The molecule has 4 rings (SSSR count). The van der Waals surface area contributed by atoms with Crippen molar-refractivity contribution in [3.8, 4) is 22.5 Å². The Hall–Kier alpha value is -2.97. The first-order valence-corrected chi connectivity index (χ1v) is 11.0. The average Bonchev–Trinajstić information content (AvgIpc) is 3.42. The van der Waals surface area contributed by atoms with E-state index >= 15 is 0 Å². The first kappa shape index (κ1) is 18.4. The van der Waals surface area contributed by atoms with E-state index < -0.39 is 10.0 Å². The molecule has 0 spiro atoms. The van der Waals surface area contributed by atoms with E-state index in [2.05, 4.69) is 10.1 Å². The molecule has 0 aliphatic carbocycles. The molecular weight excluding hydrogens is 394 g/mol. The third-order valence-electron chi connectivity index (χ3n) is 4.24. The number of nitrogens with zero attached hydrogens (tertiary/aromatic N) is 3. The molecule has 0 N–H and O–H groups in total. The number of benzene rings is 2. The fourth-order valence-electron chi connectivity index (χ4n) is 2.81. The van der Waals surface area contributed by atoms with E-state index in [0.29, 0.717) is 10.8 Å². The van der Waals surface area contributed by atoms with Gasteiger partial charge < -0.3 is 4.52 Å². The zero-order valence-corrected chi connectivity index (χ0v) is 16.7. The van der Waals surface area contributed by atoms with Crippen LogP contribution in [0, 0.1) is 0 Å². The van der Waals surface area contributed by atoms with Gasteiger partial charge >= 0.3 is 0 Å². The number of sulfonamides is 1. The summed E-state index contributed by atoms with van der Waals surface area (Å²) in [6.45, 7) is 2.08. The minimum absolute atomic E-state index is 0.207. The standard InChI is InChI=1S/C20H17N3O3S2/c1-2-23(20-21-19(14-27-20)15-6-4-3-5-7-15)28(24,25)17-10-8-16(9-11-17)18-12-13-26-22-18/h3-14H,2H2,1H3. The number of hydrogen-bond donors (Lipinski definition) is 0. The van der Waals surface area contributed by atoms with Crippen molar-refractivity contribution in [2.24, 2.45) is 0 Å². The number of thiazole rings is 1. The Kier molecular flexibility index (Phi) is 4.97. The molecule has 2 aromatic carbocycles. The molecule has 0 atom stereocenters. The number of rotatable bonds is 6. The minimum atomic E-state index is -3.72. The molecule has 0 aliphatic heterocycles. The second kappa shape index (κ2) is 7.57. The molecule has 6 nitrogen and oxygen atoms in total. The molecule has 0 saturated heterocycles. The number of hydrogen-bond acceptors (Lipinski definition) is 6. The Morgan fingerprint density at radius 2 is 1.68 bits per heavy atom. The maximum atomic E-state index is 13.2. The van der Waals surface area contributed by atoms with Crippen LogP contribution < -0.4 is 4.31 Å². The van der Waals surface area contributed by atoms with E-state index in [1.807, 2.05) is 35.7 Å². The summed E-state index contributed by atoms with van der Waals surface area (Å²) in [6.07, 6.45) is 1.48. The summed E-state index contributed by atoms with van der Waals surface area (Å²) in [5, 5.41) is 6.18. The van der Waals surface area contributed by atoms with Gasteiger partial charge in [-0.2, -0.15) is 0 Å². The summed E-state index contributed by atoms with van der Waals surface area (Å²) in [6, 6.07) is 18.0. The summed E-state index contributed by atoms with van der Waals surface area (Å²) in [5.74, 6) is 0. The molecule has 4 aromatic rings. The minimum Gasteiger partial charge on any atom is -0.364 e. The number of anilines is 1. The van der Waals surface area contributed by atoms with Crippen LogP contribution in [0.25, 0.3) is 22.5 Å². The summed E-state index contributed by atoms with van der Waals surface area (Å²) in [7, 11) is -3.72. The molecule has 0 aliphatic rings. The Bertz CT molecular complexity index is 1150. The van der Waals surface area contributed by atoms with Crippen LogP contribution in [0.3, 0.4) is 0 Å². The fraction of sp³-hybridized carbons (Fsp3) is 0.100. The van der Waals surface area contributed by atoms with Crippen LogP contribution in [-0.4, -0.2) is 25.1 Å². The molecular formula is C20H17N3O3S2. The van der Waals surface area contributed by atoms with Crippen LogP contribution in [0.1, 0.15) is 6.92 Å². The van der Waals surface area contributed by atoms with E-state index in [9.17, 15) is 8.42 Å². The van der Waals surface area contributed by atoms with Crippen LogP contribution in [0.15, 0.2) is 81.7 Å². The SMILES string of the molecule is CCN(c1nc(-c2ccccc2)cs1)S(=O)(=O)c1ccc(-c2ccon2)cc1. The maximum absolute atomic E-state index is 13.2. The van der Waals surface area contributed by atoms with Crippen molar-refractivity contribution in [3.63, 3.8) is 0 Å². The summed E-state index contributed by atoms with van der Waals surface area (Å²) in [5.41, 5.74) is 3.16. The van der Waals surface area contributed by atoms with E-state index in [1.165, 1.54) is 21.9 Å². The first-order valence-electron chi connectivity index (χ1n) is 8.64. The van der Waals surface area contributed by atoms with Crippen LogP contribution in [-0.2, 0) is 10.0 Å². The normalized spacial score (nSPS) is 11.5. The van der Waals surface area contributed by atoms with Crippen molar-refractivity contribution in [2.45, 2.75) is 11.8 Å². The molecule has 0 amide bonds.